The van der Waals surface area contributed by atoms with Crippen molar-refractivity contribution in [2.45, 2.75) is 13.5 Å². The normalized spacial score (nSPS) is 10.8. The molecule has 2 aromatic heterocycles. The highest BCUT2D eigenvalue weighted by molar-refractivity contribution is 5.48. The van der Waals surface area contributed by atoms with E-state index >= 15 is 0 Å². The maximum absolute atomic E-state index is 5.72. The molecule has 3 aromatic rings. The average Bonchev–Trinajstić information content (AvgIpc) is 2.94. The second kappa shape index (κ2) is 5.21. The number of nitrogens with two attached hydrogens (primary N) is 1. The number of nitrogen functional groups attached to an aromatic ring is 1. The molecule has 0 aliphatic rings. The minimum absolute atomic E-state index is 0.788. The Morgan fingerprint density at radius 1 is 1.15 bits per heavy atom. The Hall–Kier alpha value is -2.56. The van der Waals surface area contributed by atoms with E-state index in [0.717, 1.165) is 30.2 Å². The van der Waals surface area contributed by atoms with E-state index in [4.69, 9.17) is 5.73 Å². The largest absolute Gasteiger partial charge is 0.399 e. The van der Waals surface area contributed by atoms with Crippen molar-refractivity contribution in [3.05, 3.63) is 54.4 Å². The number of anilines is 2. The lowest BCUT2D eigenvalue weighted by Gasteiger charge is -2.22. The summed E-state index contributed by atoms with van der Waals surface area (Å²) in [5, 5.41) is 4.16. The lowest BCUT2D eigenvalue weighted by atomic mass is 10.2. The van der Waals surface area contributed by atoms with Gasteiger partial charge < -0.3 is 10.6 Å². The van der Waals surface area contributed by atoms with Crippen LogP contribution < -0.4 is 10.6 Å². The summed E-state index contributed by atoms with van der Waals surface area (Å²) in [5.74, 6) is 0.956. The van der Waals surface area contributed by atoms with Crippen LogP contribution in [-0.2, 0) is 6.54 Å². The van der Waals surface area contributed by atoms with Crippen LogP contribution >= 0.6 is 0 Å². The fourth-order valence-electron chi connectivity index (χ4n) is 2.18. The Morgan fingerprint density at radius 2 is 1.95 bits per heavy atom. The Labute approximate surface area is 117 Å². The summed E-state index contributed by atoms with van der Waals surface area (Å²) in [7, 11) is 0. The minimum atomic E-state index is 0.788. The molecule has 0 spiro atoms. The molecule has 0 amide bonds. The van der Waals surface area contributed by atoms with E-state index in [9.17, 15) is 0 Å². The Morgan fingerprint density at radius 3 is 2.70 bits per heavy atom. The molecule has 0 aliphatic carbocycles. The Kier molecular flexibility index (Phi) is 3.25. The van der Waals surface area contributed by atoms with Gasteiger partial charge in [0.15, 0.2) is 5.65 Å². The first-order valence-electron chi connectivity index (χ1n) is 6.66. The van der Waals surface area contributed by atoms with Gasteiger partial charge in [-0.1, -0.05) is 12.1 Å². The van der Waals surface area contributed by atoms with Gasteiger partial charge in [0, 0.05) is 31.0 Å². The van der Waals surface area contributed by atoms with Crippen molar-refractivity contribution in [3.8, 4) is 0 Å². The highest BCUT2D eigenvalue weighted by Crippen LogP contribution is 2.16. The van der Waals surface area contributed by atoms with Crippen LogP contribution in [-0.4, -0.2) is 21.1 Å². The van der Waals surface area contributed by atoms with Crippen molar-refractivity contribution in [1.82, 2.24) is 14.6 Å². The predicted molar refractivity (Wildman–Crippen MR) is 80.6 cm³/mol. The van der Waals surface area contributed by atoms with Crippen molar-refractivity contribution in [3.63, 3.8) is 0 Å². The van der Waals surface area contributed by atoms with E-state index in [1.165, 1.54) is 5.56 Å². The average molecular weight is 267 g/mol. The molecule has 5 heteroatoms. The second-order valence-corrected chi connectivity index (χ2v) is 4.68. The summed E-state index contributed by atoms with van der Waals surface area (Å²) in [6.07, 6.45) is 3.69. The molecule has 2 N–H and O–H groups in total. The van der Waals surface area contributed by atoms with Gasteiger partial charge in [-0.05, 0) is 30.7 Å². The number of benzene rings is 1. The number of fused-ring (bicyclic) bond motifs is 1. The molecule has 0 unspecified atom stereocenters. The second-order valence-electron chi connectivity index (χ2n) is 4.68. The molecule has 0 saturated carbocycles. The number of nitrogens with zero attached hydrogens (tertiary/aromatic N) is 4. The number of hydrogen-bond donors (Lipinski definition) is 1. The SMILES string of the molecule is CCN(Cc1ccc(N)cc1)c1ccn2nccc2n1. The van der Waals surface area contributed by atoms with Gasteiger partial charge in [0.05, 0.1) is 6.20 Å². The molecule has 3 rings (SSSR count). The molecule has 1 aromatic carbocycles. The quantitative estimate of drug-likeness (QED) is 0.737. The molecule has 5 nitrogen and oxygen atoms in total. The first-order valence-corrected chi connectivity index (χ1v) is 6.66. The van der Waals surface area contributed by atoms with Gasteiger partial charge in [-0.25, -0.2) is 9.50 Å². The van der Waals surface area contributed by atoms with Crippen molar-refractivity contribution < 1.29 is 0 Å². The van der Waals surface area contributed by atoms with Crippen molar-refractivity contribution in [1.29, 1.82) is 0 Å². The van der Waals surface area contributed by atoms with Gasteiger partial charge in [-0.3, -0.25) is 0 Å². The fraction of sp³-hybridized carbons (Fsp3) is 0.200. The van der Waals surface area contributed by atoms with E-state index in [1.54, 1.807) is 10.7 Å². The highest BCUT2D eigenvalue weighted by Gasteiger charge is 2.08. The highest BCUT2D eigenvalue weighted by atomic mass is 15.3. The molecule has 102 valence electrons. The van der Waals surface area contributed by atoms with Crippen molar-refractivity contribution in [2.75, 3.05) is 17.2 Å². The molecule has 0 atom stereocenters. The summed E-state index contributed by atoms with van der Waals surface area (Å²) in [6.45, 7) is 3.83. The zero-order valence-electron chi connectivity index (χ0n) is 11.4. The maximum atomic E-state index is 5.72. The maximum Gasteiger partial charge on any atom is 0.157 e. The smallest absolute Gasteiger partial charge is 0.157 e. The lowest BCUT2D eigenvalue weighted by Crippen LogP contribution is -2.23. The van der Waals surface area contributed by atoms with E-state index < -0.39 is 0 Å². The van der Waals surface area contributed by atoms with Crippen LogP contribution in [0.2, 0.25) is 0 Å². The first-order chi connectivity index (χ1) is 9.76. The fourth-order valence-corrected chi connectivity index (χ4v) is 2.18. The first kappa shape index (κ1) is 12.5. The van der Waals surface area contributed by atoms with Crippen LogP contribution in [0.3, 0.4) is 0 Å². The van der Waals surface area contributed by atoms with E-state index in [0.29, 0.717) is 0 Å². The third-order valence-electron chi connectivity index (χ3n) is 3.30. The van der Waals surface area contributed by atoms with Crippen molar-refractivity contribution >= 4 is 17.2 Å². The molecular formula is C15H17N5. The monoisotopic (exact) mass is 267 g/mol. The van der Waals surface area contributed by atoms with Crippen LogP contribution in [0.4, 0.5) is 11.5 Å². The third kappa shape index (κ3) is 2.42. The number of hydrogen-bond acceptors (Lipinski definition) is 4. The van der Waals surface area contributed by atoms with Gasteiger partial charge in [0.25, 0.3) is 0 Å². The molecule has 0 bridgehead atoms. The molecular weight excluding hydrogens is 250 g/mol. The van der Waals surface area contributed by atoms with Gasteiger partial charge in [0.2, 0.25) is 0 Å². The number of rotatable bonds is 4. The molecule has 20 heavy (non-hydrogen) atoms. The Balaban J connectivity index is 1.86. The van der Waals surface area contributed by atoms with Crippen LogP contribution in [0, 0.1) is 0 Å². The summed E-state index contributed by atoms with van der Waals surface area (Å²) in [4.78, 5) is 6.84. The predicted octanol–water partition coefficient (Wildman–Crippen LogP) is 2.34. The summed E-state index contributed by atoms with van der Waals surface area (Å²) >= 11 is 0. The van der Waals surface area contributed by atoms with Gasteiger partial charge in [-0.15, -0.1) is 0 Å². The molecule has 0 fully saturated rings. The number of aromatic nitrogens is 3. The summed E-state index contributed by atoms with van der Waals surface area (Å²) in [6, 6.07) is 11.8. The van der Waals surface area contributed by atoms with E-state index in [1.807, 2.05) is 30.5 Å². The minimum Gasteiger partial charge on any atom is -0.399 e. The van der Waals surface area contributed by atoms with Gasteiger partial charge in [-0.2, -0.15) is 5.10 Å². The summed E-state index contributed by atoms with van der Waals surface area (Å²) in [5.41, 5.74) is 8.58. The topological polar surface area (TPSA) is 59.5 Å². The molecule has 2 heterocycles. The van der Waals surface area contributed by atoms with Crippen molar-refractivity contribution in [2.24, 2.45) is 0 Å². The lowest BCUT2D eigenvalue weighted by molar-refractivity contribution is 0.808. The van der Waals surface area contributed by atoms with Gasteiger partial charge in [0.1, 0.15) is 5.82 Å². The van der Waals surface area contributed by atoms with Crippen LogP contribution in [0.5, 0.6) is 0 Å². The van der Waals surface area contributed by atoms with Crippen LogP contribution in [0.1, 0.15) is 12.5 Å². The molecule has 0 radical (unpaired) electrons. The Bertz CT molecular complexity index is 702. The van der Waals surface area contributed by atoms with E-state index in [2.05, 4.69) is 34.0 Å². The standard InChI is InChI=1S/C15H17N5/c1-2-19(11-12-3-5-13(16)6-4-12)14-8-10-20-15(18-14)7-9-17-20/h3-10H,2,11,16H2,1H3. The van der Waals surface area contributed by atoms with Crippen LogP contribution in [0.25, 0.3) is 5.65 Å². The van der Waals surface area contributed by atoms with Gasteiger partial charge >= 0.3 is 0 Å². The zero-order chi connectivity index (χ0) is 13.9. The third-order valence-corrected chi connectivity index (χ3v) is 3.30. The zero-order valence-corrected chi connectivity index (χ0v) is 11.4. The molecule has 0 saturated heterocycles. The van der Waals surface area contributed by atoms with E-state index in [-0.39, 0.29) is 0 Å². The van der Waals surface area contributed by atoms with Crippen LogP contribution in [0.15, 0.2) is 48.8 Å². The molecule has 0 aliphatic heterocycles. The summed E-state index contributed by atoms with van der Waals surface area (Å²) < 4.78 is 1.76.